The van der Waals surface area contributed by atoms with E-state index in [-0.39, 0.29) is 6.04 Å². The van der Waals surface area contributed by atoms with Crippen LogP contribution in [-0.2, 0) is 11.2 Å². The van der Waals surface area contributed by atoms with Crippen LogP contribution in [0.25, 0.3) is 0 Å². The summed E-state index contributed by atoms with van der Waals surface area (Å²) in [5, 5.41) is 0. The number of aliphatic imine (C=N–C) groups is 1. The first-order valence-electron chi connectivity index (χ1n) is 9.26. The van der Waals surface area contributed by atoms with Crippen molar-refractivity contribution in [1.82, 2.24) is 0 Å². The second kappa shape index (κ2) is 9.17. The Morgan fingerprint density at radius 1 is 1.21 bits per heavy atom. The number of carbonyl (C=O) groups is 2. The molecular weight excluding hydrogens is 356 g/mol. The summed E-state index contributed by atoms with van der Waals surface area (Å²) in [6.45, 7) is 0.388. The Morgan fingerprint density at radius 3 is 2.75 bits per heavy atom. The standard InChI is InChI=1S/C22H24N2O4/c1-24-18(11-16-7-3-4-8-20(16)24)14-23-19-13-22(28-10-6-5-9-25)21(27-2)12-17(19)15-26/h3-4,7-9,12-15,18H,5-6,10-11H2,1-2H3. The molecule has 0 N–H and O–H groups in total. The first-order chi connectivity index (χ1) is 13.7. The van der Waals surface area contributed by atoms with E-state index in [2.05, 4.69) is 22.0 Å². The van der Waals surface area contributed by atoms with Crippen LogP contribution in [0.1, 0.15) is 28.8 Å². The number of hydrogen-bond donors (Lipinski definition) is 0. The van der Waals surface area contributed by atoms with Gasteiger partial charge in [0.05, 0.1) is 25.4 Å². The molecule has 0 spiro atoms. The Hall–Kier alpha value is -3.15. The highest BCUT2D eigenvalue weighted by molar-refractivity contribution is 5.88. The number of benzene rings is 2. The third-order valence-corrected chi connectivity index (χ3v) is 4.85. The third kappa shape index (κ3) is 4.22. The van der Waals surface area contributed by atoms with Crippen molar-refractivity contribution in [3.05, 3.63) is 47.5 Å². The second-order valence-corrected chi connectivity index (χ2v) is 6.63. The van der Waals surface area contributed by atoms with Crippen LogP contribution in [0.15, 0.2) is 41.4 Å². The molecule has 0 radical (unpaired) electrons. The van der Waals surface area contributed by atoms with Crippen molar-refractivity contribution in [3.63, 3.8) is 0 Å². The number of para-hydroxylation sites is 1. The minimum absolute atomic E-state index is 0.121. The fourth-order valence-electron chi connectivity index (χ4n) is 3.28. The first kappa shape index (κ1) is 19.6. The SMILES string of the molecule is COc1cc(C=O)c(N=CC2Cc3ccccc3N2C)cc1OCCCC=O. The predicted octanol–water partition coefficient (Wildman–Crippen LogP) is 3.63. The van der Waals surface area contributed by atoms with Gasteiger partial charge in [-0.2, -0.15) is 0 Å². The van der Waals surface area contributed by atoms with E-state index in [1.54, 1.807) is 12.1 Å². The highest BCUT2D eigenvalue weighted by Gasteiger charge is 2.24. The van der Waals surface area contributed by atoms with Crippen LogP contribution in [0.4, 0.5) is 11.4 Å². The van der Waals surface area contributed by atoms with Crippen molar-refractivity contribution in [2.75, 3.05) is 25.7 Å². The Balaban J connectivity index is 1.81. The number of carbonyl (C=O) groups excluding carboxylic acids is 2. The highest BCUT2D eigenvalue weighted by atomic mass is 16.5. The first-order valence-corrected chi connectivity index (χ1v) is 9.26. The van der Waals surface area contributed by atoms with E-state index < -0.39 is 0 Å². The van der Waals surface area contributed by atoms with Crippen LogP contribution >= 0.6 is 0 Å². The average molecular weight is 380 g/mol. The summed E-state index contributed by atoms with van der Waals surface area (Å²) in [5.74, 6) is 0.978. The maximum Gasteiger partial charge on any atom is 0.163 e. The minimum atomic E-state index is 0.121. The van der Waals surface area contributed by atoms with Crippen molar-refractivity contribution in [3.8, 4) is 11.5 Å². The van der Waals surface area contributed by atoms with E-state index in [1.165, 1.54) is 18.4 Å². The van der Waals surface area contributed by atoms with Gasteiger partial charge in [-0.15, -0.1) is 0 Å². The fourth-order valence-corrected chi connectivity index (χ4v) is 3.28. The number of likely N-dealkylation sites (N-methyl/N-ethyl adjacent to an activating group) is 1. The molecule has 0 bridgehead atoms. The topological polar surface area (TPSA) is 68.2 Å². The molecule has 6 nitrogen and oxygen atoms in total. The maximum absolute atomic E-state index is 11.5. The quantitative estimate of drug-likeness (QED) is 0.377. The van der Waals surface area contributed by atoms with Gasteiger partial charge in [0.1, 0.15) is 6.29 Å². The van der Waals surface area contributed by atoms with E-state index in [4.69, 9.17) is 9.47 Å². The van der Waals surface area contributed by atoms with Crippen LogP contribution < -0.4 is 14.4 Å². The molecule has 6 heteroatoms. The fraction of sp³-hybridized carbons (Fsp3) is 0.318. The number of aldehydes is 2. The number of nitrogens with zero attached hydrogens (tertiary/aromatic N) is 2. The zero-order valence-corrected chi connectivity index (χ0v) is 16.1. The summed E-state index contributed by atoms with van der Waals surface area (Å²) in [5.41, 5.74) is 3.45. The van der Waals surface area contributed by atoms with Gasteiger partial charge in [0, 0.05) is 37.0 Å². The van der Waals surface area contributed by atoms with Gasteiger partial charge in [-0.05, 0) is 30.5 Å². The number of methoxy groups -OCH3 is 1. The van der Waals surface area contributed by atoms with Crippen molar-refractivity contribution in [1.29, 1.82) is 0 Å². The molecule has 1 aliphatic rings. The van der Waals surface area contributed by atoms with E-state index in [9.17, 15) is 9.59 Å². The number of hydrogen-bond acceptors (Lipinski definition) is 6. The smallest absolute Gasteiger partial charge is 0.163 e. The van der Waals surface area contributed by atoms with E-state index in [0.717, 1.165) is 19.0 Å². The average Bonchev–Trinajstić information content (AvgIpc) is 3.05. The largest absolute Gasteiger partial charge is 0.493 e. The number of anilines is 1. The summed E-state index contributed by atoms with van der Waals surface area (Å²) in [6, 6.07) is 11.7. The lowest BCUT2D eigenvalue weighted by atomic mass is 10.1. The summed E-state index contributed by atoms with van der Waals surface area (Å²) in [4.78, 5) is 28.7. The van der Waals surface area contributed by atoms with Crippen LogP contribution in [0, 0.1) is 0 Å². The zero-order valence-electron chi connectivity index (χ0n) is 16.1. The van der Waals surface area contributed by atoms with Gasteiger partial charge in [-0.1, -0.05) is 18.2 Å². The molecule has 146 valence electrons. The van der Waals surface area contributed by atoms with Crippen molar-refractivity contribution in [2.24, 2.45) is 4.99 Å². The van der Waals surface area contributed by atoms with Gasteiger partial charge in [-0.3, -0.25) is 9.79 Å². The second-order valence-electron chi connectivity index (χ2n) is 6.63. The number of fused-ring (bicyclic) bond motifs is 1. The van der Waals surface area contributed by atoms with Gasteiger partial charge in [0.15, 0.2) is 17.8 Å². The van der Waals surface area contributed by atoms with Gasteiger partial charge in [0.2, 0.25) is 0 Å². The van der Waals surface area contributed by atoms with Gasteiger partial charge < -0.3 is 19.2 Å². The number of ether oxygens (including phenoxy) is 2. The molecule has 2 aromatic carbocycles. The lowest BCUT2D eigenvalue weighted by Gasteiger charge is -2.19. The molecule has 0 saturated heterocycles. The zero-order chi connectivity index (χ0) is 19.9. The molecule has 0 amide bonds. The Morgan fingerprint density at radius 2 is 2.04 bits per heavy atom. The molecule has 0 aliphatic carbocycles. The highest BCUT2D eigenvalue weighted by Crippen LogP contribution is 2.35. The van der Waals surface area contributed by atoms with E-state index in [1.807, 2.05) is 25.4 Å². The molecule has 0 aromatic heterocycles. The van der Waals surface area contributed by atoms with E-state index >= 15 is 0 Å². The van der Waals surface area contributed by atoms with Crippen LogP contribution in [-0.4, -0.2) is 45.6 Å². The predicted molar refractivity (Wildman–Crippen MR) is 110 cm³/mol. The van der Waals surface area contributed by atoms with Crippen LogP contribution in [0.2, 0.25) is 0 Å². The number of unbranched alkanes of at least 4 members (excludes halogenated alkanes) is 1. The molecule has 28 heavy (non-hydrogen) atoms. The molecular formula is C22H24N2O4. The Kier molecular flexibility index (Phi) is 6.42. The lowest BCUT2D eigenvalue weighted by molar-refractivity contribution is -0.108. The summed E-state index contributed by atoms with van der Waals surface area (Å²) in [7, 11) is 3.56. The van der Waals surface area contributed by atoms with E-state index in [0.29, 0.717) is 42.2 Å². The van der Waals surface area contributed by atoms with Gasteiger partial charge >= 0.3 is 0 Å². The maximum atomic E-state index is 11.5. The molecule has 0 saturated carbocycles. The van der Waals surface area contributed by atoms with Crippen molar-refractivity contribution < 1.29 is 19.1 Å². The Bertz CT molecular complexity index is 879. The van der Waals surface area contributed by atoms with Crippen LogP contribution in [0.3, 0.4) is 0 Å². The summed E-state index contributed by atoms with van der Waals surface area (Å²) < 4.78 is 11.1. The monoisotopic (exact) mass is 380 g/mol. The molecule has 1 atom stereocenters. The van der Waals surface area contributed by atoms with Crippen LogP contribution in [0.5, 0.6) is 11.5 Å². The summed E-state index contributed by atoms with van der Waals surface area (Å²) >= 11 is 0. The number of rotatable bonds is 9. The molecule has 1 heterocycles. The van der Waals surface area contributed by atoms with Gasteiger partial charge in [-0.25, -0.2) is 0 Å². The molecule has 1 unspecified atom stereocenters. The molecule has 0 fully saturated rings. The third-order valence-electron chi connectivity index (χ3n) is 4.85. The minimum Gasteiger partial charge on any atom is -0.493 e. The lowest BCUT2D eigenvalue weighted by Crippen LogP contribution is -2.28. The van der Waals surface area contributed by atoms with Gasteiger partial charge in [0.25, 0.3) is 0 Å². The molecule has 3 rings (SSSR count). The Labute approximate surface area is 164 Å². The molecule has 2 aromatic rings. The normalized spacial score (nSPS) is 15.5. The summed E-state index contributed by atoms with van der Waals surface area (Å²) in [6.07, 6.45) is 5.42. The molecule has 1 aliphatic heterocycles. The van der Waals surface area contributed by atoms with Crippen molar-refractivity contribution >= 4 is 30.2 Å². The van der Waals surface area contributed by atoms with Crippen molar-refractivity contribution in [2.45, 2.75) is 25.3 Å².